The summed E-state index contributed by atoms with van der Waals surface area (Å²) < 4.78 is 5.11. The highest BCUT2D eigenvalue weighted by Crippen LogP contribution is 2.17. The van der Waals surface area contributed by atoms with Gasteiger partial charge in [-0.1, -0.05) is 15.9 Å². The molecule has 0 aliphatic heterocycles. The Bertz CT molecular complexity index is 436. The Labute approximate surface area is 119 Å². The Morgan fingerprint density at radius 1 is 1.47 bits per heavy atom. The van der Waals surface area contributed by atoms with Crippen molar-refractivity contribution in [2.75, 3.05) is 11.9 Å². The van der Waals surface area contributed by atoms with Crippen LogP contribution in [-0.2, 0) is 4.79 Å². The number of nitrogens with zero attached hydrogens (tertiary/aromatic N) is 1. The molecule has 0 amide bonds. The number of nitro groups is 1. The maximum atomic E-state index is 11.7. The highest BCUT2D eigenvalue weighted by molar-refractivity contribution is 9.09. The summed E-state index contributed by atoms with van der Waals surface area (Å²) in [5.41, 5.74) is -0.0386. The molecule has 0 heterocycles. The molecule has 6 nitrogen and oxygen atoms in total. The van der Waals surface area contributed by atoms with Crippen LogP contribution >= 0.6 is 15.9 Å². The Kier molecular flexibility index (Phi) is 6.44. The summed E-state index contributed by atoms with van der Waals surface area (Å²) >= 11 is 3.30. The molecule has 1 N–H and O–H groups in total. The van der Waals surface area contributed by atoms with E-state index in [1.54, 1.807) is 6.92 Å². The van der Waals surface area contributed by atoms with Crippen LogP contribution in [0.2, 0.25) is 0 Å². The molecular weight excluding hydrogens is 316 g/mol. The first-order valence-corrected chi connectivity index (χ1v) is 6.92. The number of hydrogen-bond acceptors (Lipinski definition) is 5. The van der Waals surface area contributed by atoms with Gasteiger partial charge in [0.1, 0.15) is 11.8 Å². The third-order valence-corrected chi connectivity index (χ3v) is 2.94. The molecule has 1 rings (SSSR count). The Balaban J connectivity index is 2.49. The number of halogens is 1. The summed E-state index contributed by atoms with van der Waals surface area (Å²) in [6, 6.07) is 4.98. The Hall–Kier alpha value is -1.47. The van der Waals surface area contributed by atoms with Crippen LogP contribution in [0.3, 0.4) is 0 Å². The van der Waals surface area contributed by atoms with Crippen molar-refractivity contribution in [3.8, 4) is 5.75 Å². The first-order valence-electron chi connectivity index (χ1n) is 5.80. The van der Waals surface area contributed by atoms with Gasteiger partial charge in [-0.3, -0.25) is 10.1 Å². The van der Waals surface area contributed by atoms with Gasteiger partial charge in [0.05, 0.1) is 4.92 Å². The third kappa shape index (κ3) is 5.35. The molecule has 0 aliphatic carbocycles. The van der Waals surface area contributed by atoms with Crippen molar-refractivity contribution >= 4 is 27.6 Å². The lowest BCUT2D eigenvalue weighted by molar-refractivity contribution is -0.384. The molecule has 19 heavy (non-hydrogen) atoms. The number of esters is 1. The molecular formula is C12H15BrN2O4. The smallest absolute Gasteiger partial charge is 0.328 e. The van der Waals surface area contributed by atoms with E-state index in [1.165, 1.54) is 24.3 Å². The van der Waals surface area contributed by atoms with Crippen LogP contribution in [0.5, 0.6) is 5.75 Å². The SMILES string of the molecule is C[C@H](NCCCBr)C(=O)Oc1ccc([N+](=O)[O-])cc1. The highest BCUT2D eigenvalue weighted by atomic mass is 79.9. The van der Waals surface area contributed by atoms with E-state index in [4.69, 9.17) is 4.74 Å². The van der Waals surface area contributed by atoms with Crippen molar-refractivity contribution in [3.05, 3.63) is 34.4 Å². The number of carbonyl (C=O) groups excluding carboxylic acids is 1. The van der Waals surface area contributed by atoms with Gasteiger partial charge in [-0.05, 0) is 32.0 Å². The largest absolute Gasteiger partial charge is 0.425 e. The van der Waals surface area contributed by atoms with Crippen LogP contribution < -0.4 is 10.1 Å². The minimum Gasteiger partial charge on any atom is -0.425 e. The summed E-state index contributed by atoms with van der Waals surface area (Å²) in [7, 11) is 0. The van der Waals surface area contributed by atoms with E-state index in [-0.39, 0.29) is 5.69 Å². The van der Waals surface area contributed by atoms with Crippen LogP contribution in [0.25, 0.3) is 0 Å². The van der Waals surface area contributed by atoms with Gasteiger partial charge >= 0.3 is 5.97 Å². The quantitative estimate of drug-likeness (QED) is 0.207. The van der Waals surface area contributed by atoms with Gasteiger partial charge in [-0.2, -0.15) is 0 Å². The molecule has 1 aromatic carbocycles. The number of alkyl halides is 1. The van der Waals surface area contributed by atoms with Gasteiger partial charge in [-0.15, -0.1) is 0 Å². The summed E-state index contributed by atoms with van der Waals surface area (Å²) in [4.78, 5) is 21.7. The Morgan fingerprint density at radius 3 is 2.63 bits per heavy atom. The predicted octanol–water partition coefficient (Wildman–Crippen LogP) is 2.26. The van der Waals surface area contributed by atoms with E-state index >= 15 is 0 Å². The van der Waals surface area contributed by atoms with Gasteiger partial charge in [-0.25, -0.2) is 4.79 Å². The van der Waals surface area contributed by atoms with Crippen LogP contribution in [0.15, 0.2) is 24.3 Å². The zero-order chi connectivity index (χ0) is 14.3. The number of nitrogens with one attached hydrogen (secondary N) is 1. The summed E-state index contributed by atoms with van der Waals surface area (Å²) in [6.07, 6.45) is 0.912. The number of benzene rings is 1. The van der Waals surface area contributed by atoms with Crippen molar-refractivity contribution in [1.29, 1.82) is 0 Å². The molecule has 0 saturated heterocycles. The molecule has 1 atom stereocenters. The fraction of sp³-hybridized carbons (Fsp3) is 0.417. The van der Waals surface area contributed by atoms with Crippen molar-refractivity contribution < 1.29 is 14.5 Å². The lowest BCUT2D eigenvalue weighted by Crippen LogP contribution is -2.37. The van der Waals surface area contributed by atoms with Crippen LogP contribution in [0, 0.1) is 10.1 Å². The Morgan fingerprint density at radius 2 is 2.11 bits per heavy atom. The molecule has 0 spiro atoms. The predicted molar refractivity (Wildman–Crippen MR) is 74.6 cm³/mol. The van der Waals surface area contributed by atoms with E-state index in [0.29, 0.717) is 12.3 Å². The number of ether oxygens (including phenoxy) is 1. The molecule has 1 aromatic rings. The van der Waals surface area contributed by atoms with Crippen molar-refractivity contribution in [3.63, 3.8) is 0 Å². The molecule has 0 saturated carbocycles. The van der Waals surface area contributed by atoms with Crippen LogP contribution in [-0.4, -0.2) is 28.8 Å². The van der Waals surface area contributed by atoms with Crippen molar-refractivity contribution in [1.82, 2.24) is 5.32 Å². The first kappa shape index (κ1) is 15.6. The topological polar surface area (TPSA) is 81.5 Å². The fourth-order valence-electron chi connectivity index (χ4n) is 1.31. The molecule has 0 fully saturated rings. The van der Waals surface area contributed by atoms with Crippen molar-refractivity contribution in [2.24, 2.45) is 0 Å². The third-order valence-electron chi connectivity index (χ3n) is 2.38. The van der Waals surface area contributed by atoms with E-state index < -0.39 is 16.9 Å². The molecule has 0 radical (unpaired) electrons. The van der Waals surface area contributed by atoms with E-state index in [9.17, 15) is 14.9 Å². The maximum absolute atomic E-state index is 11.7. The maximum Gasteiger partial charge on any atom is 0.328 e. The zero-order valence-electron chi connectivity index (χ0n) is 10.5. The number of rotatable bonds is 7. The van der Waals surface area contributed by atoms with Gasteiger partial charge in [0.2, 0.25) is 0 Å². The highest BCUT2D eigenvalue weighted by Gasteiger charge is 2.15. The molecule has 0 aromatic heterocycles. The summed E-state index contributed by atoms with van der Waals surface area (Å²) in [5.74, 6) is -0.117. The van der Waals surface area contributed by atoms with Gasteiger partial charge in [0, 0.05) is 17.5 Å². The second-order valence-corrected chi connectivity index (χ2v) is 4.68. The normalized spacial score (nSPS) is 11.9. The molecule has 0 aliphatic rings. The molecule has 7 heteroatoms. The van der Waals surface area contributed by atoms with E-state index in [2.05, 4.69) is 21.2 Å². The number of carbonyl (C=O) groups is 1. The lowest BCUT2D eigenvalue weighted by Gasteiger charge is -2.12. The summed E-state index contributed by atoms with van der Waals surface area (Å²) in [5, 5.41) is 14.4. The minimum absolute atomic E-state index is 0.0386. The molecule has 104 valence electrons. The second-order valence-electron chi connectivity index (χ2n) is 3.89. The van der Waals surface area contributed by atoms with Crippen molar-refractivity contribution in [2.45, 2.75) is 19.4 Å². The summed E-state index contributed by atoms with van der Waals surface area (Å²) in [6.45, 7) is 2.42. The minimum atomic E-state index is -0.504. The van der Waals surface area contributed by atoms with Crippen LogP contribution in [0.4, 0.5) is 5.69 Å². The van der Waals surface area contributed by atoms with Crippen LogP contribution in [0.1, 0.15) is 13.3 Å². The molecule has 0 unspecified atom stereocenters. The standard InChI is InChI=1S/C12H15BrN2O4/c1-9(14-8-2-7-13)12(16)19-11-5-3-10(4-6-11)15(17)18/h3-6,9,14H,2,7-8H2,1H3/t9-/m0/s1. The van der Waals surface area contributed by atoms with E-state index in [0.717, 1.165) is 11.8 Å². The van der Waals surface area contributed by atoms with Gasteiger partial charge in [0.15, 0.2) is 0 Å². The monoisotopic (exact) mass is 330 g/mol. The molecule has 0 bridgehead atoms. The first-order chi connectivity index (χ1) is 9.04. The van der Waals surface area contributed by atoms with Gasteiger partial charge in [0.25, 0.3) is 5.69 Å². The lowest BCUT2D eigenvalue weighted by atomic mass is 10.3. The number of hydrogen-bond donors (Lipinski definition) is 1. The fourth-order valence-corrected chi connectivity index (χ4v) is 1.59. The van der Waals surface area contributed by atoms with Gasteiger partial charge < -0.3 is 10.1 Å². The average molecular weight is 331 g/mol. The second kappa shape index (κ2) is 7.85. The number of nitro benzene ring substituents is 1. The zero-order valence-corrected chi connectivity index (χ0v) is 12.1. The average Bonchev–Trinajstić information content (AvgIpc) is 2.39. The number of non-ortho nitro benzene ring substituents is 1. The van der Waals surface area contributed by atoms with E-state index in [1.807, 2.05) is 0 Å².